The van der Waals surface area contributed by atoms with Crippen molar-refractivity contribution < 1.29 is 14.6 Å². The summed E-state index contributed by atoms with van der Waals surface area (Å²) in [5, 5.41) is 12.5. The Hall–Kier alpha value is -2.51. The number of aliphatic hydroxyl groups excluding tert-OH is 1. The number of carbonyl (C=O) groups is 1. The van der Waals surface area contributed by atoms with Gasteiger partial charge >= 0.3 is 0 Å². The molecule has 7 heteroatoms. The van der Waals surface area contributed by atoms with Crippen LogP contribution < -0.4 is 10.1 Å². The number of aromatic nitrogens is 2. The third kappa shape index (κ3) is 3.65. The SMILES string of the molecule is CC1CCc2c(sc3ncnc(Oc4cccc(C(=O)NCCO)c4)c23)C1. The van der Waals surface area contributed by atoms with Crippen LogP contribution in [0, 0.1) is 5.92 Å². The Kier molecular flexibility index (Phi) is 5.05. The van der Waals surface area contributed by atoms with Crippen LogP contribution in [0.1, 0.15) is 34.1 Å². The Morgan fingerprint density at radius 3 is 3.15 bits per heavy atom. The summed E-state index contributed by atoms with van der Waals surface area (Å²) in [5.41, 5.74) is 1.79. The first-order valence-electron chi connectivity index (χ1n) is 9.08. The highest BCUT2D eigenvalue weighted by atomic mass is 32.1. The van der Waals surface area contributed by atoms with E-state index in [-0.39, 0.29) is 19.1 Å². The minimum Gasteiger partial charge on any atom is -0.438 e. The highest BCUT2D eigenvalue weighted by Gasteiger charge is 2.24. The number of rotatable bonds is 5. The fraction of sp³-hybridized carbons (Fsp3) is 0.350. The maximum atomic E-state index is 12.1. The number of benzene rings is 1. The predicted octanol–water partition coefficient (Wildman–Crippen LogP) is 3.33. The van der Waals surface area contributed by atoms with E-state index in [0.717, 1.165) is 29.5 Å². The summed E-state index contributed by atoms with van der Waals surface area (Å²) in [6.07, 6.45) is 4.79. The van der Waals surface area contributed by atoms with Crippen molar-refractivity contribution in [2.45, 2.75) is 26.2 Å². The molecule has 1 atom stereocenters. The number of hydrogen-bond acceptors (Lipinski definition) is 6. The fourth-order valence-electron chi connectivity index (χ4n) is 3.41. The summed E-state index contributed by atoms with van der Waals surface area (Å²) in [5.74, 6) is 1.54. The minimum absolute atomic E-state index is 0.0945. The zero-order valence-corrected chi connectivity index (χ0v) is 15.9. The second-order valence-electron chi connectivity index (χ2n) is 6.82. The molecule has 2 aromatic heterocycles. The lowest BCUT2D eigenvalue weighted by atomic mass is 9.89. The van der Waals surface area contributed by atoms with Crippen molar-refractivity contribution in [2.75, 3.05) is 13.2 Å². The summed E-state index contributed by atoms with van der Waals surface area (Å²) in [6.45, 7) is 2.41. The van der Waals surface area contributed by atoms with Crippen LogP contribution in [0.25, 0.3) is 10.2 Å². The molecule has 27 heavy (non-hydrogen) atoms. The molecule has 0 saturated heterocycles. The Bertz CT molecular complexity index is 986. The number of carbonyl (C=O) groups excluding carboxylic acids is 1. The van der Waals surface area contributed by atoms with Gasteiger partial charge in [0.2, 0.25) is 5.88 Å². The number of amides is 1. The molecule has 0 fully saturated rings. The molecule has 140 valence electrons. The van der Waals surface area contributed by atoms with Crippen LogP contribution in [0.5, 0.6) is 11.6 Å². The number of hydrogen-bond donors (Lipinski definition) is 2. The third-order valence-electron chi connectivity index (χ3n) is 4.77. The first-order valence-corrected chi connectivity index (χ1v) is 9.89. The first kappa shape index (κ1) is 17.9. The molecule has 2 N–H and O–H groups in total. The van der Waals surface area contributed by atoms with E-state index >= 15 is 0 Å². The Balaban J connectivity index is 1.65. The van der Waals surface area contributed by atoms with Gasteiger partial charge in [0.05, 0.1) is 12.0 Å². The zero-order valence-electron chi connectivity index (χ0n) is 15.1. The molecule has 1 aliphatic carbocycles. The summed E-state index contributed by atoms with van der Waals surface area (Å²) in [4.78, 5) is 23.2. The molecule has 0 radical (unpaired) electrons. The van der Waals surface area contributed by atoms with Crippen LogP contribution >= 0.6 is 11.3 Å². The topological polar surface area (TPSA) is 84.3 Å². The Morgan fingerprint density at radius 1 is 1.41 bits per heavy atom. The predicted molar refractivity (Wildman–Crippen MR) is 105 cm³/mol. The van der Waals surface area contributed by atoms with E-state index in [0.29, 0.717) is 23.1 Å². The summed E-state index contributed by atoms with van der Waals surface area (Å²) in [7, 11) is 0. The van der Waals surface area contributed by atoms with Crippen molar-refractivity contribution >= 4 is 27.5 Å². The highest BCUT2D eigenvalue weighted by Crippen LogP contribution is 2.41. The van der Waals surface area contributed by atoms with E-state index in [4.69, 9.17) is 9.84 Å². The molecule has 0 aliphatic heterocycles. The molecule has 1 unspecified atom stereocenters. The first-order chi connectivity index (χ1) is 13.2. The maximum Gasteiger partial charge on any atom is 0.251 e. The largest absolute Gasteiger partial charge is 0.438 e. The smallest absolute Gasteiger partial charge is 0.251 e. The molecule has 0 saturated carbocycles. The van der Waals surface area contributed by atoms with E-state index in [1.807, 2.05) is 0 Å². The fourth-order valence-corrected chi connectivity index (χ4v) is 4.75. The number of thiophene rings is 1. The lowest BCUT2D eigenvalue weighted by Crippen LogP contribution is -2.26. The van der Waals surface area contributed by atoms with Crippen LogP contribution in [0.15, 0.2) is 30.6 Å². The van der Waals surface area contributed by atoms with Gasteiger partial charge in [-0.25, -0.2) is 9.97 Å². The molecule has 0 bridgehead atoms. The molecule has 1 aromatic carbocycles. The molecule has 3 aromatic rings. The van der Waals surface area contributed by atoms with Gasteiger partial charge in [0.15, 0.2) is 0 Å². The van der Waals surface area contributed by atoms with Crippen LogP contribution in [-0.2, 0) is 12.8 Å². The van der Waals surface area contributed by atoms with E-state index in [1.54, 1.807) is 35.6 Å². The minimum atomic E-state index is -0.246. The molecular weight excluding hydrogens is 362 g/mol. The van der Waals surface area contributed by atoms with Crippen molar-refractivity contribution in [1.82, 2.24) is 15.3 Å². The number of aryl methyl sites for hydroxylation is 1. The monoisotopic (exact) mass is 383 g/mol. The number of fused-ring (bicyclic) bond motifs is 3. The summed E-state index contributed by atoms with van der Waals surface area (Å²) < 4.78 is 6.06. The average Bonchev–Trinajstić information content (AvgIpc) is 3.04. The average molecular weight is 383 g/mol. The molecule has 1 aliphatic rings. The molecular formula is C20H21N3O3S. The van der Waals surface area contributed by atoms with Gasteiger partial charge < -0.3 is 15.2 Å². The number of nitrogens with one attached hydrogen (secondary N) is 1. The van der Waals surface area contributed by atoms with Gasteiger partial charge in [0.1, 0.15) is 16.9 Å². The van der Waals surface area contributed by atoms with E-state index in [1.165, 1.54) is 16.8 Å². The Morgan fingerprint density at radius 2 is 2.30 bits per heavy atom. The molecule has 0 spiro atoms. The van der Waals surface area contributed by atoms with Crippen LogP contribution in [0.4, 0.5) is 0 Å². The number of ether oxygens (including phenoxy) is 1. The maximum absolute atomic E-state index is 12.1. The van der Waals surface area contributed by atoms with Crippen molar-refractivity contribution in [3.05, 3.63) is 46.6 Å². The second kappa shape index (κ2) is 7.62. The van der Waals surface area contributed by atoms with Gasteiger partial charge in [-0.15, -0.1) is 11.3 Å². The Labute approximate surface area is 161 Å². The van der Waals surface area contributed by atoms with Gasteiger partial charge in [-0.05, 0) is 48.9 Å². The van der Waals surface area contributed by atoms with Crippen LogP contribution in [0.2, 0.25) is 0 Å². The summed E-state index contributed by atoms with van der Waals surface area (Å²) >= 11 is 1.73. The quantitative estimate of drug-likeness (QED) is 0.706. The van der Waals surface area contributed by atoms with E-state index < -0.39 is 0 Å². The van der Waals surface area contributed by atoms with E-state index in [9.17, 15) is 4.79 Å². The van der Waals surface area contributed by atoms with Gasteiger partial charge in [0, 0.05) is 17.0 Å². The molecule has 4 rings (SSSR count). The highest BCUT2D eigenvalue weighted by molar-refractivity contribution is 7.18. The van der Waals surface area contributed by atoms with Gasteiger partial charge in [0.25, 0.3) is 5.91 Å². The number of nitrogens with zero attached hydrogens (tertiary/aromatic N) is 2. The molecule has 2 heterocycles. The summed E-state index contributed by atoms with van der Waals surface area (Å²) in [6, 6.07) is 6.97. The van der Waals surface area contributed by atoms with Gasteiger partial charge in [-0.1, -0.05) is 13.0 Å². The van der Waals surface area contributed by atoms with Crippen molar-refractivity contribution in [3.63, 3.8) is 0 Å². The van der Waals surface area contributed by atoms with Crippen molar-refractivity contribution in [1.29, 1.82) is 0 Å². The van der Waals surface area contributed by atoms with Gasteiger partial charge in [-0.2, -0.15) is 0 Å². The standard InChI is InChI=1S/C20H21N3O3S/c1-12-5-6-15-16(9-12)27-20-17(15)19(22-11-23-20)26-14-4-2-3-13(10-14)18(25)21-7-8-24/h2-4,10-12,24H,5-9H2,1H3,(H,21,25). The van der Waals surface area contributed by atoms with Crippen LogP contribution in [-0.4, -0.2) is 34.1 Å². The van der Waals surface area contributed by atoms with Crippen LogP contribution in [0.3, 0.4) is 0 Å². The van der Waals surface area contributed by atoms with Gasteiger partial charge in [-0.3, -0.25) is 4.79 Å². The van der Waals surface area contributed by atoms with Crippen molar-refractivity contribution in [3.8, 4) is 11.6 Å². The third-order valence-corrected chi connectivity index (χ3v) is 5.93. The zero-order chi connectivity index (χ0) is 18.8. The second-order valence-corrected chi connectivity index (χ2v) is 7.90. The lowest BCUT2D eigenvalue weighted by Gasteiger charge is -2.18. The van der Waals surface area contributed by atoms with E-state index in [2.05, 4.69) is 22.2 Å². The normalized spacial score (nSPS) is 16.1. The molecule has 6 nitrogen and oxygen atoms in total. The number of aliphatic hydroxyl groups is 1. The lowest BCUT2D eigenvalue weighted by molar-refractivity contribution is 0.0944. The van der Waals surface area contributed by atoms with Crippen molar-refractivity contribution in [2.24, 2.45) is 5.92 Å². The molecule has 1 amide bonds.